The van der Waals surface area contributed by atoms with Crippen LogP contribution >= 0.6 is 0 Å². The molecule has 0 atom stereocenters. The highest BCUT2D eigenvalue weighted by Crippen LogP contribution is 2.21. The molecule has 0 aromatic rings. The molecule has 0 saturated carbocycles. The summed E-state index contributed by atoms with van der Waals surface area (Å²) >= 11 is 0. The van der Waals surface area contributed by atoms with Crippen molar-refractivity contribution in [2.45, 2.75) is 38.8 Å². The zero-order valence-electron chi connectivity index (χ0n) is 9.06. The van der Waals surface area contributed by atoms with Gasteiger partial charge >= 0.3 is 0 Å². The van der Waals surface area contributed by atoms with E-state index in [-0.39, 0.29) is 17.0 Å². The average Bonchev–Trinajstić information content (AvgIpc) is 2.17. The van der Waals surface area contributed by atoms with Gasteiger partial charge in [0.15, 0.2) is 0 Å². The standard InChI is InChI=1S/C10H18N2O/c1-9(2)6-7(8(13)11-5)10(3,4)12-9/h6,12H,1-5H3,(H,11,13)/p+1. The van der Waals surface area contributed by atoms with Crippen molar-refractivity contribution in [3.63, 3.8) is 0 Å². The second-order valence-electron chi connectivity index (χ2n) is 4.82. The van der Waals surface area contributed by atoms with Crippen LogP contribution in [0.25, 0.3) is 0 Å². The Kier molecular flexibility index (Phi) is 2.24. The van der Waals surface area contributed by atoms with Gasteiger partial charge in [-0.2, -0.15) is 0 Å². The Bertz CT molecular complexity index is 264. The molecule has 1 amide bonds. The first-order valence-corrected chi connectivity index (χ1v) is 4.61. The molecular weight excluding hydrogens is 164 g/mol. The number of quaternary nitrogens is 1. The molecule has 0 unspecified atom stereocenters. The third kappa shape index (κ3) is 1.91. The molecule has 74 valence electrons. The normalized spacial score (nSPS) is 23.9. The largest absolute Gasteiger partial charge is 0.355 e. The molecule has 3 nitrogen and oxygen atoms in total. The number of hydrogen-bond donors (Lipinski definition) is 2. The van der Waals surface area contributed by atoms with Crippen molar-refractivity contribution in [1.29, 1.82) is 0 Å². The van der Waals surface area contributed by atoms with Crippen molar-refractivity contribution in [3.8, 4) is 0 Å². The maximum Gasteiger partial charge on any atom is 0.253 e. The van der Waals surface area contributed by atoms with E-state index in [1.54, 1.807) is 7.05 Å². The average molecular weight is 183 g/mol. The van der Waals surface area contributed by atoms with Crippen molar-refractivity contribution in [3.05, 3.63) is 11.6 Å². The second-order valence-corrected chi connectivity index (χ2v) is 4.82. The molecule has 0 aromatic carbocycles. The molecule has 0 spiro atoms. The fraction of sp³-hybridized carbons (Fsp3) is 0.700. The molecular formula is C10H19N2O+. The molecule has 0 aromatic heterocycles. The molecule has 1 aliphatic heterocycles. The molecule has 0 saturated heterocycles. The first-order valence-electron chi connectivity index (χ1n) is 4.61. The maximum absolute atomic E-state index is 11.5. The third-order valence-electron chi connectivity index (χ3n) is 2.42. The number of amides is 1. The van der Waals surface area contributed by atoms with Gasteiger partial charge in [0.05, 0.1) is 5.57 Å². The van der Waals surface area contributed by atoms with E-state index in [9.17, 15) is 4.79 Å². The summed E-state index contributed by atoms with van der Waals surface area (Å²) in [6.07, 6.45) is 2.05. The molecule has 13 heavy (non-hydrogen) atoms. The number of hydrogen-bond acceptors (Lipinski definition) is 1. The van der Waals surface area contributed by atoms with Gasteiger partial charge in [-0.05, 0) is 33.8 Å². The van der Waals surface area contributed by atoms with Crippen LogP contribution in [0.5, 0.6) is 0 Å². The van der Waals surface area contributed by atoms with E-state index in [1.165, 1.54) is 0 Å². The highest BCUT2D eigenvalue weighted by atomic mass is 16.1. The van der Waals surface area contributed by atoms with Crippen LogP contribution in [-0.2, 0) is 4.79 Å². The Morgan fingerprint density at radius 2 is 1.92 bits per heavy atom. The van der Waals surface area contributed by atoms with Crippen LogP contribution in [0.4, 0.5) is 0 Å². The molecule has 3 heteroatoms. The molecule has 1 heterocycles. The Labute approximate surface area is 79.6 Å². The maximum atomic E-state index is 11.5. The summed E-state index contributed by atoms with van der Waals surface area (Å²) in [5.41, 5.74) is 0.801. The van der Waals surface area contributed by atoms with E-state index in [0.29, 0.717) is 0 Å². The van der Waals surface area contributed by atoms with Crippen LogP contribution in [0.1, 0.15) is 27.7 Å². The van der Waals surface area contributed by atoms with Crippen LogP contribution in [0, 0.1) is 0 Å². The number of rotatable bonds is 1. The first-order chi connectivity index (χ1) is 5.78. The summed E-state index contributed by atoms with van der Waals surface area (Å²) in [7, 11) is 1.67. The van der Waals surface area contributed by atoms with Crippen molar-refractivity contribution >= 4 is 5.91 Å². The predicted octanol–water partition coefficient (Wildman–Crippen LogP) is -0.207. The van der Waals surface area contributed by atoms with Gasteiger partial charge < -0.3 is 10.6 Å². The lowest BCUT2D eigenvalue weighted by molar-refractivity contribution is -0.750. The van der Waals surface area contributed by atoms with Gasteiger partial charge in [-0.1, -0.05) is 0 Å². The monoisotopic (exact) mass is 183 g/mol. The molecule has 0 bridgehead atoms. The molecule has 0 fully saturated rings. The Balaban J connectivity index is 3.00. The third-order valence-corrected chi connectivity index (χ3v) is 2.42. The van der Waals surface area contributed by atoms with E-state index in [0.717, 1.165) is 5.57 Å². The number of nitrogens with one attached hydrogen (secondary N) is 1. The zero-order valence-corrected chi connectivity index (χ0v) is 9.06. The summed E-state index contributed by atoms with van der Waals surface area (Å²) in [5, 5.41) is 4.89. The van der Waals surface area contributed by atoms with E-state index >= 15 is 0 Å². The lowest BCUT2D eigenvalue weighted by Crippen LogP contribution is -3.01. The van der Waals surface area contributed by atoms with Crippen LogP contribution < -0.4 is 10.6 Å². The lowest BCUT2D eigenvalue weighted by Gasteiger charge is -2.23. The highest BCUT2D eigenvalue weighted by molar-refractivity contribution is 5.95. The number of likely N-dealkylation sites (N-methyl/N-ethyl adjacent to an activating group) is 1. The van der Waals surface area contributed by atoms with Crippen LogP contribution in [0.15, 0.2) is 11.6 Å². The Morgan fingerprint density at radius 1 is 1.38 bits per heavy atom. The van der Waals surface area contributed by atoms with Crippen LogP contribution in [0.3, 0.4) is 0 Å². The fourth-order valence-electron chi connectivity index (χ4n) is 2.10. The second kappa shape index (κ2) is 2.84. The molecule has 3 N–H and O–H groups in total. The summed E-state index contributed by atoms with van der Waals surface area (Å²) in [4.78, 5) is 11.5. The first kappa shape index (κ1) is 10.3. The van der Waals surface area contributed by atoms with E-state index < -0.39 is 0 Å². The van der Waals surface area contributed by atoms with E-state index in [2.05, 4.69) is 38.3 Å². The van der Waals surface area contributed by atoms with Gasteiger partial charge in [0.25, 0.3) is 5.91 Å². The van der Waals surface area contributed by atoms with Gasteiger partial charge in [0, 0.05) is 7.05 Å². The predicted molar refractivity (Wildman–Crippen MR) is 52.2 cm³/mol. The number of nitrogens with two attached hydrogens (primary N) is 1. The quantitative estimate of drug-likeness (QED) is 0.580. The van der Waals surface area contributed by atoms with Gasteiger partial charge in [-0.15, -0.1) is 0 Å². The number of carbonyl (C=O) groups excluding carboxylic acids is 1. The lowest BCUT2D eigenvalue weighted by atomic mass is 9.96. The van der Waals surface area contributed by atoms with Crippen molar-refractivity contribution in [2.75, 3.05) is 7.05 Å². The SMILES string of the molecule is CNC(=O)C1=CC(C)(C)[NH2+]C1(C)C. The van der Waals surface area contributed by atoms with Gasteiger partial charge in [0.2, 0.25) is 0 Å². The van der Waals surface area contributed by atoms with Gasteiger partial charge in [0.1, 0.15) is 11.1 Å². The minimum absolute atomic E-state index is 0.0331. The summed E-state index contributed by atoms with van der Waals surface area (Å²) in [6, 6.07) is 0. The van der Waals surface area contributed by atoms with Crippen molar-refractivity contribution in [1.82, 2.24) is 5.32 Å². The number of carbonyl (C=O) groups is 1. The Hall–Kier alpha value is -0.830. The molecule has 1 aliphatic rings. The summed E-state index contributed by atoms with van der Waals surface area (Å²) in [6.45, 7) is 8.38. The molecule has 0 radical (unpaired) electrons. The summed E-state index contributed by atoms with van der Waals surface area (Å²) in [5.74, 6) is 0.0341. The minimum atomic E-state index is -0.108. The zero-order chi connectivity index (χ0) is 10.3. The Morgan fingerprint density at radius 3 is 2.23 bits per heavy atom. The molecule has 0 aliphatic carbocycles. The van der Waals surface area contributed by atoms with E-state index in [4.69, 9.17) is 0 Å². The smallest absolute Gasteiger partial charge is 0.253 e. The van der Waals surface area contributed by atoms with E-state index in [1.807, 2.05) is 6.08 Å². The minimum Gasteiger partial charge on any atom is -0.355 e. The van der Waals surface area contributed by atoms with Gasteiger partial charge in [-0.3, -0.25) is 4.79 Å². The van der Waals surface area contributed by atoms with Gasteiger partial charge in [-0.25, -0.2) is 0 Å². The van der Waals surface area contributed by atoms with Crippen molar-refractivity contribution < 1.29 is 10.1 Å². The van der Waals surface area contributed by atoms with Crippen LogP contribution in [-0.4, -0.2) is 24.0 Å². The van der Waals surface area contributed by atoms with Crippen molar-refractivity contribution in [2.24, 2.45) is 0 Å². The van der Waals surface area contributed by atoms with Crippen LogP contribution in [0.2, 0.25) is 0 Å². The topological polar surface area (TPSA) is 45.7 Å². The summed E-state index contributed by atoms with van der Waals surface area (Å²) < 4.78 is 0. The molecule has 1 rings (SSSR count). The fourth-order valence-corrected chi connectivity index (χ4v) is 2.10. The highest BCUT2D eigenvalue weighted by Gasteiger charge is 2.44.